The number of carbonyl (C=O) groups excluding carboxylic acids is 1. The molecule has 1 unspecified atom stereocenters. The summed E-state index contributed by atoms with van der Waals surface area (Å²) >= 11 is 6.29. The third-order valence-corrected chi connectivity index (χ3v) is 4.56. The van der Waals surface area contributed by atoms with Gasteiger partial charge in [-0.25, -0.2) is 0 Å². The molecule has 2 aromatic carbocycles. The highest BCUT2D eigenvalue weighted by Crippen LogP contribution is 2.33. The zero-order valence-corrected chi connectivity index (χ0v) is 16.1. The zero-order chi connectivity index (χ0) is 18.8. The van der Waals surface area contributed by atoms with Gasteiger partial charge in [-0.1, -0.05) is 48.0 Å². The molecule has 2 aromatic rings. The lowest BCUT2D eigenvalue weighted by Gasteiger charge is -2.19. The summed E-state index contributed by atoms with van der Waals surface area (Å²) in [4.78, 5) is 12.4. The van der Waals surface area contributed by atoms with Gasteiger partial charge in [-0.05, 0) is 36.1 Å². The minimum Gasteiger partial charge on any atom is -0.495 e. The Morgan fingerprint density at radius 2 is 1.85 bits per heavy atom. The smallest absolute Gasteiger partial charge is 0.220 e. The lowest BCUT2D eigenvalue weighted by molar-refractivity contribution is -0.121. The van der Waals surface area contributed by atoms with Crippen LogP contribution in [0.5, 0.6) is 5.75 Å². The van der Waals surface area contributed by atoms with Gasteiger partial charge in [0.15, 0.2) is 0 Å². The van der Waals surface area contributed by atoms with Crippen LogP contribution in [0.25, 0.3) is 0 Å². The first-order chi connectivity index (χ1) is 12.7. The molecule has 0 aliphatic rings. The number of amides is 1. The molecule has 0 aliphatic heterocycles. The van der Waals surface area contributed by atoms with Crippen molar-refractivity contribution >= 4 is 17.5 Å². The Morgan fingerprint density at radius 1 is 1.08 bits per heavy atom. The normalized spacial score (nSPS) is 11.8. The summed E-state index contributed by atoms with van der Waals surface area (Å²) in [5.41, 5.74) is 2.08. The number of unbranched alkanes of at least 4 members (excludes halogenated alkanes) is 1. The van der Waals surface area contributed by atoms with Crippen molar-refractivity contribution in [3.05, 3.63) is 64.7 Å². The quantitative estimate of drug-likeness (QED) is 0.625. The minimum absolute atomic E-state index is 0.0308. The maximum absolute atomic E-state index is 12.4. The first kappa shape index (κ1) is 20.3. The molecule has 4 nitrogen and oxygen atoms in total. The largest absolute Gasteiger partial charge is 0.495 e. The van der Waals surface area contributed by atoms with Crippen LogP contribution < -0.4 is 10.1 Å². The number of benzene rings is 2. The molecule has 2 rings (SSSR count). The number of ether oxygens (including phenoxy) is 2. The zero-order valence-electron chi connectivity index (χ0n) is 15.3. The first-order valence-corrected chi connectivity index (χ1v) is 9.17. The van der Waals surface area contributed by atoms with Crippen LogP contribution in [0.3, 0.4) is 0 Å². The predicted octanol–water partition coefficient (Wildman–Crippen LogP) is 4.41. The Balaban J connectivity index is 2.10. The molecule has 0 spiro atoms. The number of hydrogen-bond donors (Lipinski definition) is 1. The lowest BCUT2D eigenvalue weighted by atomic mass is 9.88. The number of carbonyl (C=O) groups is 1. The molecule has 0 saturated carbocycles. The van der Waals surface area contributed by atoms with Crippen molar-refractivity contribution in [1.82, 2.24) is 5.32 Å². The van der Waals surface area contributed by atoms with Gasteiger partial charge in [0.05, 0.1) is 12.1 Å². The van der Waals surface area contributed by atoms with Crippen LogP contribution in [-0.2, 0) is 9.53 Å². The fourth-order valence-corrected chi connectivity index (χ4v) is 3.14. The summed E-state index contributed by atoms with van der Waals surface area (Å²) in [5, 5.41) is 3.54. The molecule has 1 N–H and O–H groups in total. The molecule has 1 amide bonds. The Labute approximate surface area is 160 Å². The van der Waals surface area contributed by atoms with Crippen LogP contribution >= 0.6 is 11.6 Å². The van der Waals surface area contributed by atoms with Crippen molar-refractivity contribution in [3.63, 3.8) is 0 Å². The first-order valence-electron chi connectivity index (χ1n) is 8.79. The van der Waals surface area contributed by atoms with E-state index in [0.29, 0.717) is 30.3 Å². The Bertz CT molecular complexity index is 691. The van der Waals surface area contributed by atoms with E-state index in [9.17, 15) is 4.79 Å². The SMILES string of the molecule is COCCCCNC(=O)CC(c1ccccc1)c1ccc(OC)c(Cl)c1. The average molecular weight is 376 g/mol. The van der Waals surface area contributed by atoms with Gasteiger partial charge < -0.3 is 14.8 Å². The summed E-state index contributed by atoms with van der Waals surface area (Å²) in [6.07, 6.45) is 2.22. The van der Waals surface area contributed by atoms with E-state index in [2.05, 4.69) is 5.32 Å². The van der Waals surface area contributed by atoms with E-state index >= 15 is 0 Å². The van der Waals surface area contributed by atoms with E-state index < -0.39 is 0 Å². The fraction of sp³-hybridized carbons (Fsp3) is 0.381. The van der Waals surface area contributed by atoms with Gasteiger partial charge in [0.25, 0.3) is 0 Å². The van der Waals surface area contributed by atoms with E-state index in [1.165, 1.54) is 0 Å². The van der Waals surface area contributed by atoms with Crippen LogP contribution in [0.2, 0.25) is 5.02 Å². The molecular weight excluding hydrogens is 350 g/mol. The molecular formula is C21H26ClNO3. The highest BCUT2D eigenvalue weighted by Gasteiger charge is 2.19. The third kappa shape index (κ3) is 6.04. The van der Waals surface area contributed by atoms with Gasteiger partial charge in [-0.15, -0.1) is 0 Å². The number of hydrogen-bond acceptors (Lipinski definition) is 3. The molecule has 0 fully saturated rings. The van der Waals surface area contributed by atoms with Crippen molar-refractivity contribution in [2.24, 2.45) is 0 Å². The maximum atomic E-state index is 12.4. The number of rotatable bonds is 10. The molecule has 0 saturated heterocycles. The molecule has 5 heteroatoms. The van der Waals surface area contributed by atoms with Crippen LogP contribution in [0.4, 0.5) is 0 Å². The highest BCUT2D eigenvalue weighted by molar-refractivity contribution is 6.32. The Morgan fingerprint density at radius 3 is 2.50 bits per heavy atom. The van der Waals surface area contributed by atoms with Gasteiger partial charge in [0, 0.05) is 32.6 Å². The van der Waals surface area contributed by atoms with Gasteiger partial charge in [0.1, 0.15) is 5.75 Å². The average Bonchev–Trinajstić information content (AvgIpc) is 2.66. The standard InChI is InChI=1S/C21H26ClNO3/c1-25-13-7-6-12-23-21(24)15-18(16-8-4-3-5-9-16)17-10-11-20(26-2)19(22)14-17/h3-5,8-11,14,18H,6-7,12-13,15H2,1-2H3,(H,23,24). The summed E-state index contributed by atoms with van der Waals surface area (Å²) in [5.74, 6) is 0.603. The molecule has 26 heavy (non-hydrogen) atoms. The number of methoxy groups -OCH3 is 2. The second-order valence-electron chi connectivity index (χ2n) is 6.11. The van der Waals surface area contributed by atoms with Crippen molar-refractivity contribution in [1.29, 1.82) is 0 Å². The minimum atomic E-state index is -0.0569. The van der Waals surface area contributed by atoms with Crippen LogP contribution in [0.1, 0.15) is 36.3 Å². The van der Waals surface area contributed by atoms with Crippen LogP contribution in [0.15, 0.2) is 48.5 Å². The van der Waals surface area contributed by atoms with E-state index in [0.717, 1.165) is 24.0 Å². The van der Waals surface area contributed by atoms with Crippen LogP contribution in [0, 0.1) is 0 Å². The van der Waals surface area contributed by atoms with Crippen LogP contribution in [-0.4, -0.2) is 33.3 Å². The second-order valence-corrected chi connectivity index (χ2v) is 6.52. The van der Waals surface area contributed by atoms with Crippen molar-refractivity contribution < 1.29 is 14.3 Å². The van der Waals surface area contributed by atoms with Gasteiger partial charge >= 0.3 is 0 Å². The second kappa shape index (κ2) is 10.8. The fourth-order valence-electron chi connectivity index (χ4n) is 2.87. The maximum Gasteiger partial charge on any atom is 0.220 e. The molecule has 140 valence electrons. The summed E-state index contributed by atoms with van der Waals surface area (Å²) in [6.45, 7) is 1.37. The van der Waals surface area contributed by atoms with Gasteiger partial charge in [-0.2, -0.15) is 0 Å². The lowest BCUT2D eigenvalue weighted by Crippen LogP contribution is -2.26. The molecule has 1 atom stereocenters. The third-order valence-electron chi connectivity index (χ3n) is 4.27. The van der Waals surface area contributed by atoms with E-state index in [4.69, 9.17) is 21.1 Å². The van der Waals surface area contributed by atoms with Crippen molar-refractivity contribution in [2.45, 2.75) is 25.2 Å². The van der Waals surface area contributed by atoms with E-state index in [1.807, 2.05) is 48.5 Å². The topological polar surface area (TPSA) is 47.6 Å². The van der Waals surface area contributed by atoms with Gasteiger partial charge in [0.2, 0.25) is 5.91 Å². The molecule has 0 heterocycles. The highest BCUT2D eigenvalue weighted by atomic mass is 35.5. The Kier molecular flexibility index (Phi) is 8.45. The summed E-state index contributed by atoms with van der Waals surface area (Å²) < 4.78 is 10.3. The molecule has 0 aliphatic carbocycles. The monoisotopic (exact) mass is 375 g/mol. The van der Waals surface area contributed by atoms with E-state index in [1.54, 1.807) is 14.2 Å². The number of nitrogens with one attached hydrogen (secondary N) is 1. The number of halogens is 1. The molecule has 0 bridgehead atoms. The molecule has 0 radical (unpaired) electrons. The van der Waals surface area contributed by atoms with E-state index in [-0.39, 0.29) is 11.8 Å². The Hall–Kier alpha value is -2.04. The summed E-state index contributed by atoms with van der Waals surface area (Å²) in [6, 6.07) is 15.7. The van der Waals surface area contributed by atoms with Gasteiger partial charge in [-0.3, -0.25) is 4.79 Å². The van der Waals surface area contributed by atoms with Crippen molar-refractivity contribution in [2.75, 3.05) is 27.4 Å². The molecule has 0 aromatic heterocycles. The summed E-state index contributed by atoms with van der Waals surface area (Å²) in [7, 11) is 3.27. The van der Waals surface area contributed by atoms with Crippen molar-refractivity contribution in [3.8, 4) is 5.75 Å². The predicted molar refractivity (Wildman–Crippen MR) is 105 cm³/mol.